The molecule has 0 spiro atoms. The van der Waals surface area contributed by atoms with Gasteiger partial charge in [0.25, 0.3) is 0 Å². The second-order valence-corrected chi connectivity index (χ2v) is 6.41. The summed E-state index contributed by atoms with van der Waals surface area (Å²) in [5.41, 5.74) is 1.29. The van der Waals surface area contributed by atoms with E-state index in [1.54, 1.807) is 0 Å². The molecule has 1 aliphatic rings. The van der Waals surface area contributed by atoms with E-state index in [-0.39, 0.29) is 0 Å². The lowest BCUT2D eigenvalue weighted by Gasteiger charge is -2.34. The molecule has 0 aliphatic heterocycles. The van der Waals surface area contributed by atoms with Crippen LogP contribution in [0.5, 0.6) is 0 Å². The monoisotopic (exact) mass is 287 g/mol. The highest BCUT2D eigenvalue weighted by Crippen LogP contribution is 2.39. The molecule has 3 heteroatoms. The average Bonchev–Trinajstić information content (AvgIpc) is 2.90. The summed E-state index contributed by atoms with van der Waals surface area (Å²) in [6.07, 6.45) is 4.71. The molecule has 1 fully saturated rings. The van der Waals surface area contributed by atoms with Gasteiger partial charge in [0.1, 0.15) is 16.9 Å². The minimum absolute atomic E-state index is 0.539. The molecule has 1 aromatic carbocycles. The first-order valence-electron chi connectivity index (χ1n) is 8.07. The van der Waals surface area contributed by atoms with Crippen LogP contribution in [0.1, 0.15) is 50.4 Å². The van der Waals surface area contributed by atoms with E-state index in [1.807, 2.05) is 18.2 Å². The Balaban J connectivity index is 1.76. The Morgan fingerprint density at radius 3 is 2.76 bits per heavy atom. The molecule has 2 N–H and O–H groups in total. The van der Waals surface area contributed by atoms with Crippen molar-refractivity contribution in [2.45, 2.75) is 57.6 Å². The lowest BCUT2D eigenvalue weighted by atomic mass is 9.80. The molecule has 0 radical (unpaired) electrons. The van der Waals surface area contributed by atoms with Crippen molar-refractivity contribution in [3.63, 3.8) is 0 Å². The number of aliphatic hydroxyl groups is 1. The summed E-state index contributed by atoms with van der Waals surface area (Å²) in [6, 6.07) is 8.70. The van der Waals surface area contributed by atoms with Crippen LogP contribution in [-0.4, -0.2) is 17.7 Å². The van der Waals surface area contributed by atoms with Gasteiger partial charge in [0.2, 0.25) is 0 Å². The van der Waals surface area contributed by atoms with Gasteiger partial charge in [0.15, 0.2) is 0 Å². The first kappa shape index (κ1) is 14.6. The number of benzene rings is 1. The molecule has 21 heavy (non-hydrogen) atoms. The van der Waals surface area contributed by atoms with E-state index >= 15 is 0 Å². The quantitative estimate of drug-likeness (QED) is 0.897. The standard InChI is InChI=1S/C18H25NO2/c1-3-10-19-15-6-8-18(20,9-7-15)17-12-14-11-13(2)4-5-16(14)21-17/h4-5,11-12,15,19-20H,3,6-10H2,1-2H3. The van der Waals surface area contributed by atoms with Gasteiger partial charge in [-0.25, -0.2) is 0 Å². The number of fused-ring (bicyclic) bond motifs is 1. The fraction of sp³-hybridized carbons (Fsp3) is 0.556. The Morgan fingerprint density at radius 1 is 1.29 bits per heavy atom. The van der Waals surface area contributed by atoms with Crippen LogP contribution in [0.2, 0.25) is 0 Å². The molecule has 1 heterocycles. The third-order valence-electron chi connectivity index (χ3n) is 4.63. The zero-order valence-corrected chi connectivity index (χ0v) is 13.0. The van der Waals surface area contributed by atoms with Gasteiger partial charge in [-0.1, -0.05) is 18.6 Å². The van der Waals surface area contributed by atoms with Crippen molar-refractivity contribution in [1.82, 2.24) is 5.32 Å². The van der Waals surface area contributed by atoms with Gasteiger partial charge in [0, 0.05) is 11.4 Å². The van der Waals surface area contributed by atoms with Crippen LogP contribution in [-0.2, 0) is 5.60 Å². The minimum Gasteiger partial charge on any atom is -0.458 e. The lowest BCUT2D eigenvalue weighted by Crippen LogP contribution is -2.39. The number of nitrogens with one attached hydrogen (secondary N) is 1. The molecule has 0 unspecified atom stereocenters. The predicted octanol–water partition coefficient (Wildman–Crippen LogP) is 3.87. The number of hydrogen-bond donors (Lipinski definition) is 2. The van der Waals surface area contributed by atoms with E-state index in [0.717, 1.165) is 55.4 Å². The highest BCUT2D eigenvalue weighted by atomic mass is 16.4. The molecular weight excluding hydrogens is 262 g/mol. The Morgan fingerprint density at radius 2 is 2.05 bits per heavy atom. The zero-order chi connectivity index (χ0) is 14.9. The second-order valence-electron chi connectivity index (χ2n) is 6.41. The minimum atomic E-state index is -0.794. The van der Waals surface area contributed by atoms with Crippen LogP contribution in [0.4, 0.5) is 0 Å². The summed E-state index contributed by atoms with van der Waals surface area (Å²) < 4.78 is 5.91. The normalized spacial score (nSPS) is 26.3. The molecule has 3 rings (SSSR count). The highest BCUT2D eigenvalue weighted by molar-refractivity contribution is 5.78. The first-order chi connectivity index (χ1) is 10.1. The van der Waals surface area contributed by atoms with Gasteiger partial charge < -0.3 is 14.8 Å². The molecule has 3 nitrogen and oxygen atoms in total. The Labute approximate surface area is 126 Å². The number of furan rings is 1. The maximum Gasteiger partial charge on any atom is 0.136 e. The van der Waals surface area contributed by atoms with E-state index in [1.165, 1.54) is 5.56 Å². The first-order valence-corrected chi connectivity index (χ1v) is 8.07. The largest absolute Gasteiger partial charge is 0.458 e. The summed E-state index contributed by atoms with van der Waals surface area (Å²) in [7, 11) is 0. The van der Waals surface area contributed by atoms with Crippen molar-refractivity contribution in [2.24, 2.45) is 0 Å². The number of hydrogen-bond acceptors (Lipinski definition) is 3. The fourth-order valence-corrected chi connectivity index (χ4v) is 3.29. The van der Waals surface area contributed by atoms with Gasteiger partial charge in [-0.05, 0) is 63.8 Å². The lowest BCUT2D eigenvalue weighted by molar-refractivity contribution is -0.0254. The molecule has 2 aromatic rings. The Kier molecular flexibility index (Phi) is 4.05. The van der Waals surface area contributed by atoms with Crippen molar-refractivity contribution in [3.05, 3.63) is 35.6 Å². The number of rotatable bonds is 4. The van der Waals surface area contributed by atoms with Crippen LogP contribution < -0.4 is 5.32 Å². The zero-order valence-electron chi connectivity index (χ0n) is 13.0. The van der Waals surface area contributed by atoms with E-state index in [0.29, 0.717) is 6.04 Å². The van der Waals surface area contributed by atoms with Crippen LogP contribution >= 0.6 is 0 Å². The Bertz CT molecular complexity index is 609. The van der Waals surface area contributed by atoms with Crippen molar-refractivity contribution in [2.75, 3.05) is 6.54 Å². The predicted molar refractivity (Wildman–Crippen MR) is 85.4 cm³/mol. The second kappa shape index (κ2) is 5.82. The van der Waals surface area contributed by atoms with Crippen molar-refractivity contribution in [1.29, 1.82) is 0 Å². The molecule has 1 aliphatic carbocycles. The maximum absolute atomic E-state index is 10.9. The smallest absolute Gasteiger partial charge is 0.136 e. The molecule has 0 bridgehead atoms. The molecule has 114 valence electrons. The van der Waals surface area contributed by atoms with Gasteiger partial charge >= 0.3 is 0 Å². The molecule has 1 aromatic heterocycles. The summed E-state index contributed by atoms with van der Waals surface area (Å²) in [4.78, 5) is 0. The third kappa shape index (κ3) is 2.99. The number of aryl methyl sites for hydroxylation is 1. The van der Waals surface area contributed by atoms with Crippen molar-refractivity contribution in [3.8, 4) is 0 Å². The van der Waals surface area contributed by atoms with E-state index in [9.17, 15) is 5.11 Å². The molecule has 0 saturated heterocycles. The van der Waals surface area contributed by atoms with Crippen molar-refractivity contribution >= 4 is 11.0 Å². The van der Waals surface area contributed by atoms with Crippen LogP contribution in [0.3, 0.4) is 0 Å². The van der Waals surface area contributed by atoms with Crippen LogP contribution in [0.25, 0.3) is 11.0 Å². The summed E-state index contributed by atoms with van der Waals surface area (Å²) in [5.74, 6) is 0.733. The van der Waals surface area contributed by atoms with Gasteiger partial charge in [-0.3, -0.25) is 0 Å². The molecular formula is C18H25NO2. The van der Waals surface area contributed by atoms with E-state index in [4.69, 9.17) is 4.42 Å². The molecule has 0 atom stereocenters. The van der Waals surface area contributed by atoms with Gasteiger partial charge in [0.05, 0.1) is 0 Å². The van der Waals surface area contributed by atoms with Gasteiger partial charge in [-0.2, -0.15) is 0 Å². The fourth-order valence-electron chi connectivity index (χ4n) is 3.29. The highest BCUT2D eigenvalue weighted by Gasteiger charge is 2.37. The topological polar surface area (TPSA) is 45.4 Å². The Hall–Kier alpha value is -1.32. The van der Waals surface area contributed by atoms with Crippen molar-refractivity contribution < 1.29 is 9.52 Å². The van der Waals surface area contributed by atoms with E-state index in [2.05, 4.69) is 25.2 Å². The molecule has 1 saturated carbocycles. The summed E-state index contributed by atoms with van der Waals surface area (Å²) in [6.45, 7) is 5.32. The van der Waals surface area contributed by atoms with Crippen LogP contribution in [0, 0.1) is 6.92 Å². The van der Waals surface area contributed by atoms with E-state index < -0.39 is 5.60 Å². The SMILES string of the molecule is CCCNC1CCC(O)(c2cc3cc(C)ccc3o2)CC1. The molecule has 0 amide bonds. The van der Waals surface area contributed by atoms with Gasteiger partial charge in [-0.15, -0.1) is 0 Å². The summed E-state index contributed by atoms with van der Waals surface area (Å²) in [5, 5.41) is 15.6. The summed E-state index contributed by atoms with van der Waals surface area (Å²) >= 11 is 0. The maximum atomic E-state index is 10.9. The van der Waals surface area contributed by atoms with Crippen LogP contribution in [0.15, 0.2) is 28.7 Å². The average molecular weight is 287 g/mol. The third-order valence-corrected chi connectivity index (χ3v) is 4.63.